The molecule has 1 aromatic heterocycles. The fourth-order valence-electron chi connectivity index (χ4n) is 4.67. The first kappa shape index (κ1) is 24.2. The first-order chi connectivity index (χ1) is 17.1. The standard InChI is InChI=1S/C26H26FN5O3S/c1-26(2,3)35-25(33)29-24-12-23(16-4-5-17(13-28)22(27)10-16)32(30-24)19-8-6-18(7-9-19)31-14-21-11-20(31)15-36(21)34/h4-10,12,20-21H,11,14-15H2,1-3H3,(H,29,30,33). The summed E-state index contributed by atoms with van der Waals surface area (Å²) in [5.41, 5.74) is 2.06. The lowest BCUT2D eigenvalue weighted by molar-refractivity contribution is 0.0635. The van der Waals surface area contributed by atoms with Gasteiger partial charge in [0.2, 0.25) is 0 Å². The number of benzene rings is 2. The summed E-state index contributed by atoms with van der Waals surface area (Å²) in [6.45, 7) is 6.09. The van der Waals surface area contributed by atoms with Gasteiger partial charge in [-0.1, -0.05) is 6.07 Å². The van der Waals surface area contributed by atoms with Crippen LogP contribution in [0.15, 0.2) is 48.5 Å². The molecule has 2 fully saturated rings. The number of nitrogens with one attached hydrogen (secondary N) is 1. The molecule has 3 unspecified atom stereocenters. The van der Waals surface area contributed by atoms with Crippen molar-refractivity contribution in [1.82, 2.24) is 9.78 Å². The van der Waals surface area contributed by atoms with Crippen LogP contribution in [0, 0.1) is 17.1 Å². The van der Waals surface area contributed by atoms with E-state index in [1.807, 2.05) is 30.3 Å². The van der Waals surface area contributed by atoms with E-state index in [-0.39, 0.29) is 16.6 Å². The zero-order valence-electron chi connectivity index (χ0n) is 20.2. The van der Waals surface area contributed by atoms with Crippen molar-refractivity contribution in [2.75, 3.05) is 22.5 Å². The van der Waals surface area contributed by atoms with Crippen molar-refractivity contribution in [3.05, 3.63) is 59.9 Å². The SMILES string of the molecule is CC(C)(C)OC(=O)Nc1cc(-c2ccc(C#N)c(F)c2)n(-c2ccc(N3CC4CC3C[S+]4[O-])cc2)n1. The van der Waals surface area contributed by atoms with Gasteiger partial charge in [0.05, 0.1) is 29.5 Å². The molecule has 8 nitrogen and oxygen atoms in total. The molecule has 3 heterocycles. The van der Waals surface area contributed by atoms with E-state index in [1.54, 1.807) is 37.6 Å². The summed E-state index contributed by atoms with van der Waals surface area (Å²) >= 11 is -0.728. The normalized spacial score (nSPS) is 20.9. The number of hydrogen-bond donors (Lipinski definition) is 1. The molecule has 3 aromatic rings. The molecule has 5 rings (SSSR count). The van der Waals surface area contributed by atoms with Gasteiger partial charge in [0, 0.05) is 23.7 Å². The fourth-order valence-corrected chi connectivity index (χ4v) is 6.40. The second-order valence-corrected chi connectivity index (χ2v) is 11.7. The summed E-state index contributed by atoms with van der Waals surface area (Å²) in [5, 5.41) is 16.5. The minimum atomic E-state index is -0.728. The Labute approximate surface area is 211 Å². The number of nitriles is 1. The number of hydrogen-bond acceptors (Lipinski definition) is 6. The predicted molar refractivity (Wildman–Crippen MR) is 136 cm³/mol. The molecule has 10 heteroatoms. The average Bonchev–Trinajstić information content (AvgIpc) is 3.52. The topological polar surface area (TPSA) is 106 Å². The maximum Gasteiger partial charge on any atom is 0.413 e. The predicted octanol–water partition coefficient (Wildman–Crippen LogP) is 4.61. The van der Waals surface area contributed by atoms with Crippen molar-refractivity contribution < 1.29 is 18.5 Å². The van der Waals surface area contributed by atoms with Gasteiger partial charge in [-0.2, -0.15) is 5.26 Å². The summed E-state index contributed by atoms with van der Waals surface area (Å²) < 4.78 is 33.4. The first-order valence-electron chi connectivity index (χ1n) is 11.7. The highest BCUT2D eigenvalue weighted by Gasteiger charge is 2.47. The lowest BCUT2D eigenvalue weighted by Crippen LogP contribution is -2.40. The number of anilines is 2. The van der Waals surface area contributed by atoms with Gasteiger partial charge in [0.15, 0.2) is 5.82 Å². The molecule has 2 bridgehead atoms. The zero-order chi connectivity index (χ0) is 25.6. The summed E-state index contributed by atoms with van der Waals surface area (Å²) in [6.07, 6.45) is 0.309. The second kappa shape index (κ2) is 9.15. The van der Waals surface area contributed by atoms with Crippen molar-refractivity contribution >= 4 is 28.8 Å². The Bertz CT molecular complexity index is 1340. The van der Waals surface area contributed by atoms with Gasteiger partial charge in [-0.15, -0.1) is 5.10 Å². The van der Waals surface area contributed by atoms with Crippen LogP contribution in [-0.4, -0.2) is 49.6 Å². The van der Waals surface area contributed by atoms with Gasteiger partial charge in [-0.25, -0.2) is 13.9 Å². The Hall–Kier alpha value is -3.55. The number of carbonyl (C=O) groups excluding carboxylic acids is 1. The summed E-state index contributed by atoms with van der Waals surface area (Å²) in [4.78, 5) is 14.6. The van der Waals surface area contributed by atoms with Crippen LogP contribution in [0.25, 0.3) is 16.9 Å². The number of nitrogens with zero attached hydrogens (tertiary/aromatic N) is 4. The third-order valence-corrected chi connectivity index (χ3v) is 8.05. The van der Waals surface area contributed by atoms with Gasteiger partial charge < -0.3 is 14.2 Å². The number of aromatic nitrogens is 2. The molecule has 0 radical (unpaired) electrons. The van der Waals surface area contributed by atoms with Crippen LogP contribution in [0.2, 0.25) is 0 Å². The minimum Gasteiger partial charge on any atom is -0.616 e. The Morgan fingerprint density at radius 1 is 1.22 bits per heavy atom. The van der Waals surface area contributed by atoms with Crippen LogP contribution in [0.3, 0.4) is 0 Å². The molecule has 0 aliphatic carbocycles. The molecule has 2 aliphatic rings. The van der Waals surface area contributed by atoms with E-state index >= 15 is 0 Å². The van der Waals surface area contributed by atoms with Gasteiger partial charge in [-0.05, 0) is 68.3 Å². The van der Waals surface area contributed by atoms with Crippen molar-refractivity contribution in [3.63, 3.8) is 0 Å². The van der Waals surface area contributed by atoms with E-state index in [2.05, 4.69) is 15.3 Å². The van der Waals surface area contributed by atoms with E-state index in [1.165, 1.54) is 12.1 Å². The molecule has 1 N–H and O–H groups in total. The molecule has 1 amide bonds. The van der Waals surface area contributed by atoms with Crippen LogP contribution in [0.4, 0.5) is 20.7 Å². The molecule has 2 aromatic carbocycles. The highest BCUT2D eigenvalue weighted by atomic mass is 32.2. The van der Waals surface area contributed by atoms with E-state index in [9.17, 15) is 13.7 Å². The number of amides is 1. The summed E-state index contributed by atoms with van der Waals surface area (Å²) in [5.74, 6) is 0.313. The lowest BCUT2D eigenvalue weighted by Gasteiger charge is -2.29. The molecule has 2 aliphatic heterocycles. The van der Waals surface area contributed by atoms with E-state index in [0.717, 1.165) is 18.7 Å². The smallest absolute Gasteiger partial charge is 0.413 e. The minimum absolute atomic E-state index is 0.0536. The fraction of sp³-hybridized carbons (Fsp3) is 0.346. The van der Waals surface area contributed by atoms with Crippen molar-refractivity contribution in [3.8, 4) is 23.0 Å². The van der Waals surface area contributed by atoms with E-state index in [0.29, 0.717) is 28.7 Å². The number of carbonyl (C=O) groups is 1. The molecular weight excluding hydrogens is 481 g/mol. The quantitative estimate of drug-likeness (QED) is 0.517. The molecular formula is C26H26FN5O3S. The van der Waals surface area contributed by atoms with Crippen molar-refractivity contribution in [2.45, 2.75) is 44.1 Å². The Kier molecular flexibility index (Phi) is 6.14. The van der Waals surface area contributed by atoms with E-state index < -0.39 is 28.7 Å². The van der Waals surface area contributed by atoms with Crippen LogP contribution < -0.4 is 10.2 Å². The molecule has 186 valence electrons. The largest absolute Gasteiger partial charge is 0.616 e. The molecule has 0 spiro atoms. The number of fused-ring (bicyclic) bond motifs is 2. The number of rotatable bonds is 4. The third-order valence-electron chi connectivity index (χ3n) is 6.25. The van der Waals surface area contributed by atoms with Gasteiger partial charge >= 0.3 is 6.09 Å². The van der Waals surface area contributed by atoms with Crippen molar-refractivity contribution in [2.24, 2.45) is 0 Å². The second-order valence-electron chi connectivity index (χ2n) is 9.99. The van der Waals surface area contributed by atoms with Crippen LogP contribution >= 0.6 is 0 Å². The van der Waals surface area contributed by atoms with Crippen molar-refractivity contribution in [1.29, 1.82) is 5.26 Å². The highest BCUT2D eigenvalue weighted by Crippen LogP contribution is 2.37. The molecule has 3 atom stereocenters. The van der Waals surface area contributed by atoms with Crippen LogP contribution in [-0.2, 0) is 15.9 Å². The van der Waals surface area contributed by atoms with Crippen LogP contribution in [0.1, 0.15) is 32.8 Å². The Balaban J connectivity index is 1.47. The molecule has 0 saturated carbocycles. The number of ether oxygens (including phenoxy) is 1. The van der Waals surface area contributed by atoms with E-state index in [4.69, 9.17) is 10.00 Å². The zero-order valence-corrected chi connectivity index (χ0v) is 21.0. The molecule has 36 heavy (non-hydrogen) atoms. The monoisotopic (exact) mass is 507 g/mol. The van der Waals surface area contributed by atoms with Gasteiger partial charge in [0.1, 0.15) is 28.5 Å². The maximum atomic E-state index is 14.4. The van der Waals surface area contributed by atoms with Crippen LogP contribution in [0.5, 0.6) is 0 Å². The summed E-state index contributed by atoms with van der Waals surface area (Å²) in [6, 6.07) is 15.9. The Morgan fingerprint density at radius 3 is 2.53 bits per heavy atom. The maximum absolute atomic E-state index is 14.4. The van der Waals surface area contributed by atoms with Gasteiger partial charge in [-0.3, -0.25) is 5.32 Å². The third kappa shape index (κ3) is 4.76. The van der Waals surface area contributed by atoms with Gasteiger partial charge in [0.25, 0.3) is 0 Å². The summed E-state index contributed by atoms with van der Waals surface area (Å²) in [7, 11) is 0. The highest BCUT2D eigenvalue weighted by molar-refractivity contribution is 7.92. The number of halogens is 1. The lowest BCUT2D eigenvalue weighted by atomic mass is 10.1. The molecule has 2 saturated heterocycles. The average molecular weight is 508 g/mol. The Morgan fingerprint density at radius 2 is 1.94 bits per heavy atom. The first-order valence-corrected chi connectivity index (χ1v) is 13.0.